The number of benzene rings is 1. The first-order valence-corrected chi connectivity index (χ1v) is 9.28. The Kier molecular flexibility index (Phi) is 4.84. The Bertz CT molecular complexity index is 750. The number of rotatable bonds is 5. The van der Waals surface area contributed by atoms with Crippen LogP contribution in [0.3, 0.4) is 0 Å². The third-order valence-corrected chi connectivity index (χ3v) is 5.96. The molecule has 0 saturated heterocycles. The van der Waals surface area contributed by atoms with Crippen LogP contribution >= 0.6 is 43.2 Å². The summed E-state index contributed by atoms with van der Waals surface area (Å²) in [6.07, 6.45) is 0.920. The predicted molar refractivity (Wildman–Crippen MR) is 96.1 cm³/mol. The number of hydrogen-bond acceptors (Lipinski definition) is 3. The molecule has 1 unspecified atom stereocenters. The van der Waals surface area contributed by atoms with Crippen molar-refractivity contribution in [2.45, 2.75) is 19.4 Å². The average Bonchev–Trinajstić information content (AvgIpc) is 3.06. The molecule has 1 atom stereocenters. The Morgan fingerprint density at radius 3 is 2.76 bits per heavy atom. The zero-order chi connectivity index (χ0) is 14.8. The van der Waals surface area contributed by atoms with Crippen molar-refractivity contribution < 1.29 is 4.42 Å². The number of nitrogens with one attached hydrogen (secondary N) is 1. The summed E-state index contributed by atoms with van der Waals surface area (Å²) in [6.45, 7) is 3.03. The normalized spacial score (nSPS) is 12.9. The third-order valence-electron chi connectivity index (χ3n) is 3.39. The highest BCUT2D eigenvalue weighted by Crippen LogP contribution is 2.33. The van der Waals surface area contributed by atoms with Gasteiger partial charge in [-0.15, -0.1) is 11.3 Å². The van der Waals surface area contributed by atoms with E-state index >= 15 is 0 Å². The summed E-state index contributed by atoms with van der Waals surface area (Å²) < 4.78 is 8.25. The maximum Gasteiger partial charge on any atom is 0.148 e. The summed E-state index contributed by atoms with van der Waals surface area (Å²) in [6, 6.07) is 10.5. The van der Waals surface area contributed by atoms with Gasteiger partial charge in [-0.2, -0.15) is 0 Å². The van der Waals surface area contributed by atoms with Crippen LogP contribution < -0.4 is 5.32 Å². The van der Waals surface area contributed by atoms with E-state index in [1.807, 2.05) is 12.1 Å². The van der Waals surface area contributed by atoms with Crippen molar-refractivity contribution in [3.63, 3.8) is 0 Å². The highest BCUT2D eigenvalue weighted by molar-refractivity contribution is 9.11. The largest absolute Gasteiger partial charge is 0.458 e. The summed E-state index contributed by atoms with van der Waals surface area (Å²) in [4.78, 5) is 1.33. The number of likely N-dealkylation sites (N-methyl/N-ethyl adjacent to an activating group) is 1. The lowest BCUT2D eigenvalue weighted by molar-refractivity contribution is 0.435. The van der Waals surface area contributed by atoms with Crippen molar-refractivity contribution in [2.75, 3.05) is 6.54 Å². The summed E-state index contributed by atoms with van der Waals surface area (Å²) in [5.41, 5.74) is 0.917. The number of halogens is 2. The summed E-state index contributed by atoms with van der Waals surface area (Å²) >= 11 is 8.93. The van der Waals surface area contributed by atoms with Crippen molar-refractivity contribution >= 4 is 54.2 Å². The molecule has 1 aromatic carbocycles. The molecular weight excluding hydrogens is 414 g/mol. The molecule has 2 nitrogen and oxygen atoms in total. The smallest absolute Gasteiger partial charge is 0.148 e. The Labute approximate surface area is 144 Å². The lowest BCUT2D eigenvalue weighted by Gasteiger charge is -2.14. The minimum Gasteiger partial charge on any atom is -0.458 e. The molecule has 3 aromatic rings. The summed E-state index contributed by atoms with van der Waals surface area (Å²) in [5, 5.41) is 6.76. The maximum absolute atomic E-state index is 6.08. The van der Waals surface area contributed by atoms with Crippen LogP contribution in [0.15, 0.2) is 49.1 Å². The molecule has 0 aliphatic heterocycles. The molecule has 0 fully saturated rings. The van der Waals surface area contributed by atoms with E-state index < -0.39 is 0 Å². The first-order valence-electron chi connectivity index (χ1n) is 6.82. The third kappa shape index (κ3) is 3.26. The standard InChI is InChI=1S/C16H15Br2NOS/c1-2-19-13(9-15-11(17)6-7-21-15)14-8-10-4-3-5-12(18)16(10)20-14/h3-8,13,19H,2,9H2,1H3. The lowest BCUT2D eigenvalue weighted by Crippen LogP contribution is -2.22. The molecule has 1 N–H and O–H groups in total. The van der Waals surface area contributed by atoms with E-state index in [0.29, 0.717) is 0 Å². The Balaban J connectivity index is 1.95. The number of para-hydroxylation sites is 1. The fourth-order valence-corrected chi connectivity index (χ4v) is 4.42. The molecule has 0 amide bonds. The second-order valence-electron chi connectivity index (χ2n) is 4.81. The lowest BCUT2D eigenvalue weighted by atomic mass is 10.1. The zero-order valence-corrected chi connectivity index (χ0v) is 15.5. The van der Waals surface area contributed by atoms with Crippen LogP contribution in [0.5, 0.6) is 0 Å². The fourth-order valence-electron chi connectivity index (χ4n) is 2.40. The van der Waals surface area contributed by atoms with Crippen molar-refractivity contribution in [3.05, 3.63) is 55.3 Å². The first-order chi connectivity index (χ1) is 10.2. The SMILES string of the molecule is CCNC(Cc1sccc1Br)c1cc2cccc(Br)c2o1. The van der Waals surface area contributed by atoms with Gasteiger partial charge in [-0.3, -0.25) is 0 Å². The monoisotopic (exact) mass is 427 g/mol. The van der Waals surface area contributed by atoms with E-state index in [0.717, 1.165) is 34.2 Å². The van der Waals surface area contributed by atoms with Gasteiger partial charge in [0.05, 0.1) is 10.5 Å². The molecule has 21 heavy (non-hydrogen) atoms. The highest BCUT2D eigenvalue weighted by atomic mass is 79.9. The Morgan fingerprint density at radius 2 is 2.10 bits per heavy atom. The topological polar surface area (TPSA) is 25.2 Å². The summed E-state index contributed by atoms with van der Waals surface area (Å²) in [7, 11) is 0. The van der Waals surface area contributed by atoms with Crippen LogP contribution in [0, 0.1) is 0 Å². The Hall–Kier alpha value is -0.620. The molecule has 0 spiro atoms. The van der Waals surface area contributed by atoms with Gasteiger partial charge in [-0.25, -0.2) is 0 Å². The van der Waals surface area contributed by atoms with E-state index in [-0.39, 0.29) is 6.04 Å². The number of thiophene rings is 1. The molecule has 110 valence electrons. The molecule has 2 heterocycles. The molecule has 2 aromatic heterocycles. The minimum atomic E-state index is 0.184. The van der Waals surface area contributed by atoms with Gasteiger partial charge in [0.25, 0.3) is 0 Å². The molecule has 3 rings (SSSR count). The van der Waals surface area contributed by atoms with Gasteiger partial charge in [0.15, 0.2) is 0 Å². The van der Waals surface area contributed by atoms with Crippen LogP contribution in [0.25, 0.3) is 11.0 Å². The first kappa shape index (κ1) is 15.3. The number of fused-ring (bicyclic) bond motifs is 1. The fraction of sp³-hybridized carbons (Fsp3) is 0.250. The maximum atomic E-state index is 6.08. The van der Waals surface area contributed by atoms with Crippen LogP contribution in [-0.2, 0) is 6.42 Å². The van der Waals surface area contributed by atoms with Crippen molar-refractivity contribution in [1.29, 1.82) is 0 Å². The highest BCUT2D eigenvalue weighted by Gasteiger charge is 2.18. The second-order valence-corrected chi connectivity index (χ2v) is 7.52. The van der Waals surface area contributed by atoms with Crippen LogP contribution in [-0.4, -0.2) is 6.54 Å². The van der Waals surface area contributed by atoms with Gasteiger partial charge in [0.1, 0.15) is 11.3 Å². The molecule has 0 bridgehead atoms. The zero-order valence-electron chi connectivity index (χ0n) is 11.5. The second kappa shape index (κ2) is 6.65. The average molecular weight is 429 g/mol. The number of hydrogen-bond donors (Lipinski definition) is 1. The van der Waals surface area contributed by atoms with Crippen molar-refractivity contribution in [2.24, 2.45) is 0 Å². The molecule has 0 aliphatic rings. The van der Waals surface area contributed by atoms with E-state index in [2.05, 4.69) is 67.7 Å². The van der Waals surface area contributed by atoms with E-state index in [1.54, 1.807) is 11.3 Å². The molecule has 0 saturated carbocycles. The quantitative estimate of drug-likeness (QED) is 0.546. The van der Waals surface area contributed by atoms with E-state index in [9.17, 15) is 0 Å². The van der Waals surface area contributed by atoms with Gasteiger partial charge in [-0.05, 0) is 62.0 Å². The molecule has 5 heteroatoms. The van der Waals surface area contributed by atoms with E-state index in [1.165, 1.54) is 9.35 Å². The number of furan rings is 1. The van der Waals surface area contributed by atoms with Crippen LogP contribution in [0.1, 0.15) is 23.6 Å². The molecule has 0 aliphatic carbocycles. The summed E-state index contributed by atoms with van der Waals surface area (Å²) in [5.74, 6) is 0.985. The molecular formula is C16H15Br2NOS. The van der Waals surface area contributed by atoms with E-state index in [4.69, 9.17) is 4.42 Å². The van der Waals surface area contributed by atoms with Gasteiger partial charge < -0.3 is 9.73 Å². The van der Waals surface area contributed by atoms with Gasteiger partial charge in [0.2, 0.25) is 0 Å². The van der Waals surface area contributed by atoms with Gasteiger partial charge in [0, 0.05) is 21.2 Å². The van der Waals surface area contributed by atoms with Gasteiger partial charge >= 0.3 is 0 Å². The molecule has 0 radical (unpaired) electrons. The predicted octanol–water partition coefficient (Wildman–Crippen LogP) is 5.91. The van der Waals surface area contributed by atoms with Crippen molar-refractivity contribution in [1.82, 2.24) is 5.32 Å². The van der Waals surface area contributed by atoms with Crippen LogP contribution in [0.4, 0.5) is 0 Å². The minimum absolute atomic E-state index is 0.184. The van der Waals surface area contributed by atoms with Gasteiger partial charge in [-0.1, -0.05) is 19.1 Å². The van der Waals surface area contributed by atoms with Crippen LogP contribution in [0.2, 0.25) is 0 Å². The van der Waals surface area contributed by atoms with Crippen molar-refractivity contribution in [3.8, 4) is 0 Å². The Morgan fingerprint density at radius 1 is 1.24 bits per heavy atom.